The van der Waals surface area contributed by atoms with Crippen LogP contribution in [0.3, 0.4) is 0 Å². The van der Waals surface area contributed by atoms with E-state index in [1.165, 1.54) is 5.56 Å². The fourth-order valence-corrected chi connectivity index (χ4v) is 7.46. The number of halogens is 2. The van der Waals surface area contributed by atoms with Crippen LogP contribution < -0.4 is 0 Å². The van der Waals surface area contributed by atoms with Gasteiger partial charge in [0.1, 0.15) is 0 Å². The minimum Gasteiger partial charge on any atom is -0.341 e. The Balaban J connectivity index is 1.33. The smallest absolute Gasteiger partial charge is 0.254 e. The predicted molar refractivity (Wildman–Crippen MR) is 181 cm³/mol. The first-order chi connectivity index (χ1) is 21.7. The topological polar surface area (TPSA) is 88.2 Å². The van der Waals surface area contributed by atoms with Crippen LogP contribution in [0.4, 0.5) is 0 Å². The summed E-state index contributed by atoms with van der Waals surface area (Å²) in [7, 11) is 0.764. The van der Waals surface area contributed by atoms with E-state index in [1.54, 1.807) is 54.6 Å². The SMILES string of the molecule is CN(CC(CCN1CCC(c2ccccc2[S@](C)=O)CC1)c1ccc(Cl)c(Cl)c1)C(=O)c1cc(C#N)cc2cc(C#N)ccc12. The zero-order chi connectivity index (χ0) is 32.1. The monoisotopic (exact) mass is 656 g/mol. The minimum atomic E-state index is -1.02. The average molecular weight is 658 g/mol. The minimum absolute atomic E-state index is 0.00900. The van der Waals surface area contributed by atoms with Crippen molar-refractivity contribution in [3.05, 3.63) is 111 Å². The predicted octanol–water partition coefficient (Wildman–Crippen LogP) is 7.75. The molecule has 1 aliphatic rings. The molecule has 0 aliphatic carbocycles. The summed E-state index contributed by atoms with van der Waals surface area (Å²) in [6, 6.07) is 26.5. The molecule has 0 saturated carbocycles. The first-order valence-corrected chi connectivity index (χ1v) is 17.2. The maximum atomic E-state index is 13.9. The van der Waals surface area contributed by atoms with E-state index in [4.69, 9.17) is 23.2 Å². The zero-order valence-corrected chi connectivity index (χ0v) is 27.6. The maximum absolute atomic E-state index is 13.9. The number of amides is 1. The number of carbonyl (C=O) groups is 1. The van der Waals surface area contributed by atoms with Gasteiger partial charge in [-0.25, -0.2) is 0 Å². The van der Waals surface area contributed by atoms with Gasteiger partial charge in [-0.2, -0.15) is 10.5 Å². The molecule has 1 saturated heterocycles. The lowest BCUT2D eigenvalue weighted by atomic mass is 9.88. The lowest BCUT2D eigenvalue weighted by Gasteiger charge is -2.34. The Morgan fingerprint density at radius 2 is 1.69 bits per heavy atom. The van der Waals surface area contributed by atoms with Crippen molar-refractivity contribution < 1.29 is 9.00 Å². The molecule has 4 aromatic rings. The number of benzene rings is 4. The van der Waals surface area contributed by atoms with Crippen molar-refractivity contribution in [3.8, 4) is 12.1 Å². The fraction of sp³-hybridized carbons (Fsp3) is 0.306. The summed E-state index contributed by atoms with van der Waals surface area (Å²) in [5.74, 6) is 0.184. The Bertz CT molecular complexity index is 1830. The van der Waals surface area contributed by atoms with E-state index < -0.39 is 10.8 Å². The van der Waals surface area contributed by atoms with Crippen LogP contribution in [0.15, 0.2) is 77.7 Å². The lowest BCUT2D eigenvalue weighted by Crippen LogP contribution is -2.36. The summed E-state index contributed by atoms with van der Waals surface area (Å²) < 4.78 is 12.3. The molecule has 45 heavy (non-hydrogen) atoms. The Kier molecular flexibility index (Phi) is 10.6. The number of nitriles is 2. The number of likely N-dealkylation sites (N-methyl/N-ethyl adjacent to an activating group) is 1. The van der Waals surface area contributed by atoms with Crippen molar-refractivity contribution in [3.63, 3.8) is 0 Å². The van der Waals surface area contributed by atoms with Gasteiger partial charge in [0, 0.05) is 36.2 Å². The van der Waals surface area contributed by atoms with Crippen LogP contribution in [-0.4, -0.2) is 59.4 Å². The van der Waals surface area contributed by atoms with Crippen LogP contribution in [0.25, 0.3) is 10.8 Å². The van der Waals surface area contributed by atoms with Gasteiger partial charge in [-0.15, -0.1) is 0 Å². The summed E-state index contributed by atoms with van der Waals surface area (Å²) in [5, 5.41) is 21.3. The molecule has 0 N–H and O–H groups in total. The van der Waals surface area contributed by atoms with Crippen LogP contribution in [-0.2, 0) is 10.8 Å². The van der Waals surface area contributed by atoms with E-state index in [1.807, 2.05) is 30.3 Å². The molecule has 1 amide bonds. The van der Waals surface area contributed by atoms with E-state index in [0.29, 0.717) is 50.0 Å². The largest absolute Gasteiger partial charge is 0.341 e. The Morgan fingerprint density at radius 3 is 2.38 bits per heavy atom. The molecule has 0 radical (unpaired) electrons. The van der Waals surface area contributed by atoms with Gasteiger partial charge in [0.15, 0.2) is 0 Å². The highest BCUT2D eigenvalue weighted by Gasteiger charge is 2.26. The van der Waals surface area contributed by atoms with Crippen molar-refractivity contribution in [2.75, 3.05) is 39.5 Å². The third kappa shape index (κ3) is 7.57. The van der Waals surface area contributed by atoms with Gasteiger partial charge in [0.2, 0.25) is 0 Å². The number of carbonyl (C=O) groups excluding carboxylic acids is 1. The quantitative estimate of drug-likeness (QED) is 0.184. The third-order valence-corrected chi connectivity index (χ3v) is 10.5. The fourth-order valence-electron chi connectivity index (χ4n) is 6.32. The summed E-state index contributed by atoms with van der Waals surface area (Å²) in [6.07, 6.45) is 4.55. The number of likely N-dealkylation sites (tertiary alicyclic amines) is 1. The highest BCUT2D eigenvalue weighted by atomic mass is 35.5. The van der Waals surface area contributed by atoms with E-state index in [0.717, 1.165) is 49.4 Å². The molecule has 0 bridgehead atoms. The normalized spacial score (nSPS) is 15.2. The van der Waals surface area contributed by atoms with Gasteiger partial charge in [0.05, 0.1) is 44.1 Å². The molecule has 0 spiro atoms. The Labute approximate surface area is 277 Å². The van der Waals surface area contributed by atoms with Crippen LogP contribution in [0.5, 0.6) is 0 Å². The van der Waals surface area contributed by atoms with Gasteiger partial charge in [0.25, 0.3) is 5.91 Å². The second kappa shape index (κ2) is 14.6. The highest BCUT2D eigenvalue weighted by molar-refractivity contribution is 7.84. The molecule has 1 aliphatic heterocycles. The summed E-state index contributed by atoms with van der Waals surface area (Å²) >= 11 is 12.7. The molecule has 230 valence electrons. The first-order valence-electron chi connectivity index (χ1n) is 14.9. The van der Waals surface area contributed by atoms with Gasteiger partial charge in [-0.3, -0.25) is 9.00 Å². The number of hydrogen-bond donors (Lipinski definition) is 0. The van der Waals surface area contributed by atoms with E-state index >= 15 is 0 Å². The van der Waals surface area contributed by atoms with Crippen molar-refractivity contribution >= 4 is 50.7 Å². The van der Waals surface area contributed by atoms with Gasteiger partial charge < -0.3 is 9.80 Å². The zero-order valence-electron chi connectivity index (χ0n) is 25.3. The number of fused-ring (bicyclic) bond motifs is 1. The molecule has 0 aromatic heterocycles. The summed E-state index contributed by atoms with van der Waals surface area (Å²) in [5.41, 5.74) is 3.47. The van der Waals surface area contributed by atoms with Gasteiger partial charge in [-0.1, -0.05) is 53.5 Å². The molecule has 5 rings (SSSR count). The average Bonchev–Trinajstić information content (AvgIpc) is 3.06. The highest BCUT2D eigenvalue weighted by Crippen LogP contribution is 2.34. The first kappa shape index (κ1) is 32.7. The molecule has 1 unspecified atom stereocenters. The van der Waals surface area contributed by atoms with Crippen molar-refractivity contribution in [1.82, 2.24) is 9.80 Å². The third-order valence-electron chi connectivity index (χ3n) is 8.75. The maximum Gasteiger partial charge on any atom is 0.254 e. The molecule has 2 atom stereocenters. The number of hydrogen-bond acceptors (Lipinski definition) is 5. The summed E-state index contributed by atoms with van der Waals surface area (Å²) in [6.45, 7) is 3.17. The number of piperidine rings is 1. The second-order valence-electron chi connectivity index (χ2n) is 11.6. The van der Waals surface area contributed by atoms with Gasteiger partial charge in [-0.05, 0) is 109 Å². The molecular weight excluding hydrogens is 623 g/mol. The van der Waals surface area contributed by atoms with Crippen LogP contribution in [0.2, 0.25) is 10.0 Å². The standard InChI is InChI=1S/C36H34Cl2N4O2S/c1-41(36(43)32-19-25(22-40)18-29-17-24(21-39)7-9-30(29)32)23-28(27-8-10-33(37)34(38)20-27)13-16-42-14-11-26(12-15-42)31-5-3-4-6-35(31)45(2)44/h3-10,17-20,26,28H,11-16,23H2,1-2H3/t28?,45-/m0/s1. The van der Waals surface area contributed by atoms with Crippen LogP contribution >= 0.6 is 23.2 Å². The molecule has 1 heterocycles. The van der Waals surface area contributed by atoms with E-state index in [-0.39, 0.29) is 11.8 Å². The van der Waals surface area contributed by atoms with Crippen molar-refractivity contribution in [2.24, 2.45) is 0 Å². The lowest BCUT2D eigenvalue weighted by molar-refractivity contribution is 0.0783. The number of rotatable bonds is 9. The van der Waals surface area contributed by atoms with Gasteiger partial charge >= 0.3 is 0 Å². The molecular formula is C36H34Cl2N4O2S. The Hall–Kier alpha value is -3.72. The van der Waals surface area contributed by atoms with Crippen LogP contribution in [0, 0.1) is 22.7 Å². The number of nitrogens with zero attached hydrogens (tertiary/aromatic N) is 4. The molecule has 9 heteroatoms. The summed E-state index contributed by atoms with van der Waals surface area (Å²) in [4.78, 5) is 19.0. The molecule has 1 fully saturated rings. The van der Waals surface area contributed by atoms with Crippen molar-refractivity contribution in [2.45, 2.75) is 36.0 Å². The second-order valence-corrected chi connectivity index (χ2v) is 13.8. The van der Waals surface area contributed by atoms with Crippen molar-refractivity contribution in [1.29, 1.82) is 10.5 Å². The molecule has 6 nitrogen and oxygen atoms in total. The van der Waals surface area contributed by atoms with E-state index in [2.05, 4.69) is 23.1 Å². The molecule has 4 aromatic carbocycles. The Morgan fingerprint density at radius 1 is 0.978 bits per heavy atom. The van der Waals surface area contributed by atoms with Crippen LogP contribution in [0.1, 0.15) is 63.7 Å². The van der Waals surface area contributed by atoms with E-state index in [9.17, 15) is 19.5 Å².